The molecule has 1 unspecified atom stereocenters. The Morgan fingerprint density at radius 1 is 1.10 bits per heavy atom. The van der Waals surface area contributed by atoms with Gasteiger partial charge in [0.15, 0.2) is 5.84 Å². The molecule has 0 saturated carbocycles. The number of aromatic nitrogens is 1. The van der Waals surface area contributed by atoms with Gasteiger partial charge in [0, 0.05) is 17.7 Å². The van der Waals surface area contributed by atoms with Gasteiger partial charge in [-0.05, 0) is 23.6 Å². The Labute approximate surface area is 170 Å². The van der Waals surface area contributed by atoms with Gasteiger partial charge in [0.05, 0.1) is 5.69 Å². The lowest BCUT2D eigenvalue weighted by Crippen LogP contribution is -2.44. The molecule has 3 heterocycles. The van der Waals surface area contributed by atoms with Crippen LogP contribution in [-0.2, 0) is 6.54 Å². The van der Waals surface area contributed by atoms with Crippen LogP contribution in [0.4, 0.5) is 5.69 Å². The number of nitrogens with two attached hydrogens (primary N) is 1. The van der Waals surface area contributed by atoms with Crippen molar-refractivity contribution in [1.82, 2.24) is 10.4 Å². The second-order valence-corrected chi connectivity index (χ2v) is 7.22. The van der Waals surface area contributed by atoms with E-state index >= 15 is 0 Å². The molecule has 2 aromatic carbocycles. The predicted molar refractivity (Wildman–Crippen MR) is 116 cm³/mol. The maximum absolute atomic E-state index is 5.98. The number of hydrogen-bond acceptors (Lipinski definition) is 6. The summed E-state index contributed by atoms with van der Waals surface area (Å²) < 4.78 is 5.98. The summed E-state index contributed by atoms with van der Waals surface area (Å²) in [4.78, 5) is 7.17. The number of ether oxygens (including phenoxy) is 1. The van der Waals surface area contributed by atoms with Crippen LogP contribution < -0.4 is 20.8 Å². The number of nitrogens with zero attached hydrogens (tertiary/aromatic N) is 3. The normalized spacial score (nSPS) is 17.1. The molecular weight excluding hydrogens is 362 g/mol. The first-order valence-electron chi connectivity index (χ1n) is 9.92. The van der Waals surface area contributed by atoms with Crippen molar-refractivity contribution < 1.29 is 4.74 Å². The van der Waals surface area contributed by atoms with Crippen LogP contribution >= 0.6 is 0 Å². The van der Waals surface area contributed by atoms with E-state index in [0.717, 1.165) is 45.9 Å². The highest BCUT2D eigenvalue weighted by Gasteiger charge is 2.35. The van der Waals surface area contributed by atoms with Crippen LogP contribution in [0.15, 0.2) is 65.8 Å². The molecule has 29 heavy (non-hydrogen) atoms. The Hall–Kier alpha value is -3.38. The number of nitrogens with one attached hydrogen (secondary N) is 1. The van der Waals surface area contributed by atoms with E-state index in [-0.39, 0.29) is 6.17 Å². The minimum atomic E-state index is 0.118. The second-order valence-electron chi connectivity index (χ2n) is 7.22. The minimum absolute atomic E-state index is 0.118. The summed E-state index contributed by atoms with van der Waals surface area (Å²) in [5.41, 5.74) is 15.1. The molecule has 3 N–H and O–H groups in total. The van der Waals surface area contributed by atoms with Crippen LogP contribution in [0, 0.1) is 0 Å². The second kappa shape index (κ2) is 7.22. The SMILES string of the molecule is CCC1NN=C2COc3nc(-c4ccc(CN)cc4)c(-c4ccccc4)cc3N21. The highest BCUT2D eigenvalue weighted by Crippen LogP contribution is 2.41. The molecule has 2 aliphatic heterocycles. The fourth-order valence-electron chi connectivity index (χ4n) is 3.88. The molecule has 3 aromatic rings. The number of amidine groups is 1. The number of hydrogen-bond donors (Lipinski definition) is 2. The van der Waals surface area contributed by atoms with E-state index in [1.54, 1.807) is 0 Å². The number of benzene rings is 2. The van der Waals surface area contributed by atoms with Gasteiger partial charge in [0.25, 0.3) is 0 Å². The smallest absolute Gasteiger partial charge is 0.239 e. The monoisotopic (exact) mass is 385 g/mol. The largest absolute Gasteiger partial charge is 0.468 e. The van der Waals surface area contributed by atoms with E-state index in [1.807, 2.05) is 30.3 Å². The van der Waals surface area contributed by atoms with Gasteiger partial charge in [-0.2, -0.15) is 5.10 Å². The Bertz CT molecular complexity index is 1060. The third-order valence-corrected chi connectivity index (χ3v) is 5.43. The first-order valence-corrected chi connectivity index (χ1v) is 9.92. The fraction of sp³-hybridized carbons (Fsp3) is 0.217. The van der Waals surface area contributed by atoms with Gasteiger partial charge in [-0.3, -0.25) is 10.3 Å². The Morgan fingerprint density at radius 2 is 1.90 bits per heavy atom. The molecule has 0 aliphatic carbocycles. The van der Waals surface area contributed by atoms with Gasteiger partial charge in [-0.25, -0.2) is 4.98 Å². The van der Waals surface area contributed by atoms with Crippen molar-refractivity contribution in [2.75, 3.05) is 11.5 Å². The Morgan fingerprint density at radius 3 is 2.62 bits per heavy atom. The van der Waals surface area contributed by atoms with Crippen LogP contribution in [0.2, 0.25) is 0 Å². The number of fused-ring (bicyclic) bond motifs is 3. The maximum atomic E-state index is 5.98. The average Bonchev–Trinajstić information content (AvgIpc) is 3.22. The van der Waals surface area contributed by atoms with Crippen LogP contribution in [0.3, 0.4) is 0 Å². The zero-order valence-electron chi connectivity index (χ0n) is 16.3. The van der Waals surface area contributed by atoms with Crippen molar-refractivity contribution in [2.45, 2.75) is 26.1 Å². The highest BCUT2D eigenvalue weighted by atomic mass is 16.5. The number of anilines is 1. The van der Waals surface area contributed by atoms with Gasteiger partial charge >= 0.3 is 0 Å². The third kappa shape index (κ3) is 3.02. The molecule has 0 bridgehead atoms. The molecule has 146 valence electrons. The summed E-state index contributed by atoms with van der Waals surface area (Å²) in [5, 5.41) is 4.44. The third-order valence-electron chi connectivity index (χ3n) is 5.43. The van der Waals surface area contributed by atoms with Gasteiger partial charge in [0.2, 0.25) is 5.88 Å². The molecule has 0 fully saturated rings. The van der Waals surface area contributed by atoms with E-state index in [4.69, 9.17) is 15.5 Å². The number of hydrazone groups is 1. The summed E-state index contributed by atoms with van der Waals surface area (Å²) in [6.45, 7) is 3.08. The fourth-order valence-corrected chi connectivity index (χ4v) is 3.88. The first kappa shape index (κ1) is 17.7. The van der Waals surface area contributed by atoms with Gasteiger partial charge in [-0.15, -0.1) is 0 Å². The van der Waals surface area contributed by atoms with Crippen LogP contribution in [-0.4, -0.2) is 23.6 Å². The maximum Gasteiger partial charge on any atom is 0.239 e. The van der Waals surface area contributed by atoms with Crippen molar-refractivity contribution >= 4 is 11.5 Å². The van der Waals surface area contributed by atoms with Gasteiger partial charge in [0.1, 0.15) is 18.5 Å². The van der Waals surface area contributed by atoms with Crippen molar-refractivity contribution in [1.29, 1.82) is 0 Å². The number of rotatable bonds is 4. The molecule has 5 rings (SSSR count). The van der Waals surface area contributed by atoms with Crippen LogP contribution in [0.5, 0.6) is 5.88 Å². The van der Waals surface area contributed by atoms with E-state index in [1.165, 1.54) is 0 Å². The van der Waals surface area contributed by atoms with E-state index in [9.17, 15) is 0 Å². The number of pyridine rings is 1. The minimum Gasteiger partial charge on any atom is -0.468 e. The molecule has 2 aliphatic rings. The zero-order chi connectivity index (χ0) is 19.8. The lowest BCUT2D eigenvalue weighted by atomic mass is 9.97. The molecule has 6 heteroatoms. The molecule has 6 nitrogen and oxygen atoms in total. The summed E-state index contributed by atoms with van der Waals surface area (Å²) >= 11 is 0. The highest BCUT2D eigenvalue weighted by molar-refractivity contribution is 6.04. The summed E-state index contributed by atoms with van der Waals surface area (Å²) in [7, 11) is 0. The zero-order valence-corrected chi connectivity index (χ0v) is 16.3. The predicted octanol–water partition coefficient (Wildman–Crippen LogP) is 3.73. The van der Waals surface area contributed by atoms with E-state index in [2.05, 4.69) is 52.7 Å². The topological polar surface area (TPSA) is 75.8 Å². The van der Waals surface area contributed by atoms with E-state index in [0.29, 0.717) is 19.0 Å². The first-order chi connectivity index (χ1) is 14.3. The average molecular weight is 385 g/mol. The van der Waals surface area contributed by atoms with Gasteiger partial charge in [-0.1, -0.05) is 61.5 Å². The van der Waals surface area contributed by atoms with Crippen LogP contribution in [0.25, 0.3) is 22.4 Å². The molecule has 0 spiro atoms. The Kier molecular flexibility index (Phi) is 4.41. The summed E-state index contributed by atoms with van der Waals surface area (Å²) in [5.74, 6) is 1.54. The molecular formula is C23H23N5O. The quantitative estimate of drug-likeness (QED) is 0.716. The van der Waals surface area contributed by atoms with Crippen LogP contribution in [0.1, 0.15) is 18.9 Å². The van der Waals surface area contributed by atoms with E-state index < -0.39 is 0 Å². The summed E-state index contributed by atoms with van der Waals surface area (Å²) in [6.07, 6.45) is 1.04. The summed E-state index contributed by atoms with van der Waals surface area (Å²) in [6, 6.07) is 20.8. The van der Waals surface area contributed by atoms with Crippen molar-refractivity contribution in [3.05, 3.63) is 66.2 Å². The van der Waals surface area contributed by atoms with Gasteiger partial charge < -0.3 is 10.5 Å². The van der Waals surface area contributed by atoms with Crippen molar-refractivity contribution in [2.24, 2.45) is 10.8 Å². The molecule has 0 saturated heterocycles. The molecule has 0 radical (unpaired) electrons. The molecule has 1 aromatic heterocycles. The lowest BCUT2D eigenvalue weighted by molar-refractivity contribution is 0.351. The van der Waals surface area contributed by atoms with Crippen molar-refractivity contribution in [3.63, 3.8) is 0 Å². The molecule has 1 atom stereocenters. The Balaban J connectivity index is 1.70. The lowest BCUT2D eigenvalue weighted by Gasteiger charge is -2.32. The molecule has 0 amide bonds. The standard InChI is InChI=1S/C23H23N5O/c1-2-20-26-27-21-14-29-23-19(28(20)21)12-18(16-6-4-3-5-7-16)22(25-23)17-10-8-15(13-24)9-11-17/h3-12,20,26H,2,13-14,24H2,1H3. The van der Waals surface area contributed by atoms with Crippen molar-refractivity contribution in [3.8, 4) is 28.3 Å².